The van der Waals surface area contributed by atoms with Gasteiger partial charge in [0.25, 0.3) is 5.91 Å². The quantitative estimate of drug-likeness (QED) is 0.300. The molecule has 5 rings (SSSR count). The first-order chi connectivity index (χ1) is 16.2. The number of carbonyl (C=O) groups is 1. The van der Waals surface area contributed by atoms with Crippen LogP contribution < -0.4 is 5.32 Å². The van der Waals surface area contributed by atoms with Crippen molar-refractivity contribution >= 4 is 22.4 Å². The molecule has 160 valence electrons. The van der Waals surface area contributed by atoms with Gasteiger partial charge in [-0.05, 0) is 35.7 Å². The van der Waals surface area contributed by atoms with Crippen molar-refractivity contribution in [2.24, 2.45) is 0 Å². The molecule has 0 atom stereocenters. The van der Waals surface area contributed by atoms with Crippen LogP contribution in [0.4, 0.5) is 5.13 Å². The SMILES string of the molecule is Cc1ccc(C(=O)Nc2nc(-c3ccc(-c4ccccc4)cc3)c(-c3ccccc3)s2)cc1. The van der Waals surface area contributed by atoms with Crippen LogP contribution in [0.1, 0.15) is 15.9 Å². The zero-order chi connectivity index (χ0) is 22.6. The summed E-state index contributed by atoms with van der Waals surface area (Å²) in [4.78, 5) is 18.6. The number of amides is 1. The third kappa shape index (κ3) is 4.61. The highest BCUT2D eigenvalue weighted by atomic mass is 32.1. The maximum atomic E-state index is 12.8. The minimum Gasteiger partial charge on any atom is -0.298 e. The van der Waals surface area contributed by atoms with Gasteiger partial charge in [0.1, 0.15) is 0 Å². The fraction of sp³-hybridized carbons (Fsp3) is 0.0345. The van der Waals surface area contributed by atoms with Gasteiger partial charge in [0, 0.05) is 11.1 Å². The normalized spacial score (nSPS) is 10.7. The van der Waals surface area contributed by atoms with Gasteiger partial charge in [0.05, 0.1) is 10.6 Å². The molecule has 4 heteroatoms. The molecule has 1 N–H and O–H groups in total. The van der Waals surface area contributed by atoms with Crippen molar-refractivity contribution in [3.63, 3.8) is 0 Å². The smallest absolute Gasteiger partial charge is 0.257 e. The van der Waals surface area contributed by atoms with E-state index in [1.807, 2.05) is 67.6 Å². The molecule has 33 heavy (non-hydrogen) atoms. The summed E-state index contributed by atoms with van der Waals surface area (Å²) in [5.41, 5.74) is 7.03. The molecule has 0 aliphatic rings. The van der Waals surface area contributed by atoms with Crippen LogP contribution in [0.15, 0.2) is 109 Å². The molecule has 0 saturated carbocycles. The summed E-state index contributed by atoms with van der Waals surface area (Å²) in [6.07, 6.45) is 0. The molecule has 0 spiro atoms. The number of hydrogen-bond donors (Lipinski definition) is 1. The second-order valence-corrected chi connectivity index (χ2v) is 8.83. The Bertz CT molecular complexity index is 1370. The Morgan fingerprint density at radius 3 is 1.85 bits per heavy atom. The van der Waals surface area contributed by atoms with Gasteiger partial charge in [-0.15, -0.1) is 0 Å². The van der Waals surface area contributed by atoms with Crippen molar-refractivity contribution in [2.75, 3.05) is 5.32 Å². The predicted molar refractivity (Wildman–Crippen MR) is 138 cm³/mol. The highest BCUT2D eigenvalue weighted by Gasteiger charge is 2.17. The maximum Gasteiger partial charge on any atom is 0.257 e. The average molecular weight is 447 g/mol. The Morgan fingerprint density at radius 1 is 0.667 bits per heavy atom. The van der Waals surface area contributed by atoms with Crippen molar-refractivity contribution in [3.8, 4) is 32.8 Å². The summed E-state index contributed by atoms with van der Waals surface area (Å²) in [7, 11) is 0. The number of hydrogen-bond acceptors (Lipinski definition) is 3. The zero-order valence-electron chi connectivity index (χ0n) is 18.2. The molecule has 0 fully saturated rings. The Kier molecular flexibility index (Phi) is 5.83. The monoisotopic (exact) mass is 446 g/mol. The van der Waals surface area contributed by atoms with Gasteiger partial charge in [-0.1, -0.05) is 114 Å². The number of thiazole rings is 1. The lowest BCUT2D eigenvalue weighted by molar-refractivity contribution is 0.102. The van der Waals surface area contributed by atoms with Crippen LogP contribution in [0.25, 0.3) is 32.8 Å². The number of aryl methyl sites for hydroxylation is 1. The lowest BCUT2D eigenvalue weighted by atomic mass is 10.0. The molecule has 4 aromatic carbocycles. The molecule has 0 aliphatic carbocycles. The van der Waals surface area contributed by atoms with E-state index in [1.54, 1.807) is 0 Å². The molecule has 5 aromatic rings. The van der Waals surface area contributed by atoms with Gasteiger partial charge >= 0.3 is 0 Å². The van der Waals surface area contributed by atoms with Gasteiger partial charge in [0.2, 0.25) is 0 Å². The van der Waals surface area contributed by atoms with Crippen LogP contribution in [0, 0.1) is 6.92 Å². The van der Waals surface area contributed by atoms with E-state index in [4.69, 9.17) is 4.98 Å². The minimum atomic E-state index is -0.158. The summed E-state index contributed by atoms with van der Waals surface area (Å²) in [5, 5.41) is 3.57. The van der Waals surface area contributed by atoms with E-state index in [-0.39, 0.29) is 5.91 Å². The van der Waals surface area contributed by atoms with Crippen molar-refractivity contribution < 1.29 is 4.79 Å². The molecule has 1 heterocycles. The first kappa shape index (κ1) is 20.9. The molecule has 0 radical (unpaired) electrons. The Labute approximate surface area is 197 Å². The number of benzene rings is 4. The van der Waals surface area contributed by atoms with Crippen LogP contribution in [-0.4, -0.2) is 10.9 Å². The number of nitrogens with zero attached hydrogens (tertiary/aromatic N) is 1. The topological polar surface area (TPSA) is 42.0 Å². The van der Waals surface area contributed by atoms with Gasteiger partial charge in [-0.25, -0.2) is 4.98 Å². The second-order valence-electron chi connectivity index (χ2n) is 7.83. The predicted octanol–water partition coefficient (Wildman–Crippen LogP) is 7.70. The molecular weight excluding hydrogens is 424 g/mol. The minimum absolute atomic E-state index is 0.158. The van der Waals surface area contributed by atoms with Gasteiger partial charge in [-0.3, -0.25) is 10.1 Å². The van der Waals surface area contributed by atoms with Crippen molar-refractivity contribution in [3.05, 3.63) is 120 Å². The molecular formula is C29H22N2OS. The van der Waals surface area contributed by atoms with Crippen LogP contribution in [0.3, 0.4) is 0 Å². The lowest BCUT2D eigenvalue weighted by Crippen LogP contribution is -2.11. The van der Waals surface area contributed by atoms with E-state index < -0.39 is 0 Å². The lowest BCUT2D eigenvalue weighted by Gasteiger charge is -2.05. The third-order valence-corrected chi connectivity index (χ3v) is 6.48. The summed E-state index contributed by atoms with van der Waals surface area (Å²) < 4.78 is 0. The van der Waals surface area contributed by atoms with Crippen LogP contribution in [0.5, 0.6) is 0 Å². The van der Waals surface area contributed by atoms with Crippen molar-refractivity contribution in [2.45, 2.75) is 6.92 Å². The Balaban J connectivity index is 1.50. The van der Waals surface area contributed by atoms with Crippen molar-refractivity contribution in [1.82, 2.24) is 4.98 Å². The zero-order valence-corrected chi connectivity index (χ0v) is 19.0. The summed E-state index contributed by atoms with van der Waals surface area (Å²) in [6.45, 7) is 2.00. The summed E-state index contributed by atoms with van der Waals surface area (Å²) >= 11 is 1.49. The molecule has 0 bridgehead atoms. The number of nitrogens with one attached hydrogen (secondary N) is 1. The third-order valence-electron chi connectivity index (χ3n) is 5.46. The average Bonchev–Trinajstić information content (AvgIpc) is 3.29. The number of rotatable bonds is 5. The van der Waals surface area contributed by atoms with Crippen LogP contribution in [-0.2, 0) is 0 Å². The molecule has 3 nitrogen and oxygen atoms in total. The van der Waals surface area contributed by atoms with Crippen molar-refractivity contribution in [1.29, 1.82) is 0 Å². The fourth-order valence-electron chi connectivity index (χ4n) is 3.68. The molecule has 1 aromatic heterocycles. The summed E-state index contributed by atoms with van der Waals surface area (Å²) in [6, 6.07) is 36.4. The molecule has 0 saturated heterocycles. The highest BCUT2D eigenvalue weighted by molar-refractivity contribution is 7.19. The van der Waals surface area contributed by atoms with E-state index in [0.717, 1.165) is 32.8 Å². The second kappa shape index (κ2) is 9.23. The standard InChI is InChI=1S/C29H22N2OS/c1-20-12-14-25(15-13-20)28(32)31-29-30-26(27(33-29)24-10-6-3-7-11-24)23-18-16-22(17-19-23)21-8-4-2-5-9-21/h2-19H,1H3,(H,30,31,32). The van der Waals surface area contributed by atoms with E-state index in [0.29, 0.717) is 10.7 Å². The van der Waals surface area contributed by atoms with Gasteiger partial charge < -0.3 is 0 Å². The first-order valence-electron chi connectivity index (χ1n) is 10.8. The number of carbonyl (C=O) groups excluding carboxylic acids is 1. The maximum absolute atomic E-state index is 12.8. The Hall–Kier alpha value is -4.02. The van der Waals surface area contributed by atoms with E-state index in [1.165, 1.54) is 16.9 Å². The highest BCUT2D eigenvalue weighted by Crippen LogP contribution is 2.39. The van der Waals surface area contributed by atoms with Gasteiger partial charge in [-0.2, -0.15) is 0 Å². The Morgan fingerprint density at radius 2 is 1.21 bits per heavy atom. The van der Waals surface area contributed by atoms with E-state index in [9.17, 15) is 4.79 Å². The number of aromatic nitrogens is 1. The molecule has 0 aliphatic heterocycles. The van der Waals surface area contributed by atoms with E-state index >= 15 is 0 Å². The van der Waals surface area contributed by atoms with Gasteiger partial charge in [0.15, 0.2) is 5.13 Å². The van der Waals surface area contributed by atoms with Crippen LogP contribution >= 0.6 is 11.3 Å². The summed E-state index contributed by atoms with van der Waals surface area (Å²) in [5.74, 6) is -0.158. The fourth-order valence-corrected chi connectivity index (χ4v) is 4.67. The van der Waals surface area contributed by atoms with E-state index in [2.05, 4.69) is 53.8 Å². The van der Waals surface area contributed by atoms with Crippen LogP contribution in [0.2, 0.25) is 0 Å². The number of anilines is 1. The molecule has 1 amide bonds. The first-order valence-corrected chi connectivity index (χ1v) is 11.6. The molecule has 0 unspecified atom stereocenters. The largest absolute Gasteiger partial charge is 0.298 e.